The Labute approximate surface area is 147 Å². The summed E-state index contributed by atoms with van der Waals surface area (Å²) in [7, 11) is 0. The molecule has 0 bridgehead atoms. The molecule has 0 aliphatic carbocycles. The van der Waals surface area contributed by atoms with Gasteiger partial charge in [-0.05, 0) is 38.8 Å². The number of carbonyl (C=O) groups is 1. The van der Waals surface area contributed by atoms with Gasteiger partial charge in [0, 0.05) is 6.04 Å². The number of hydrogen-bond donors (Lipinski definition) is 1. The second-order valence-electron chi connectivity index (χ2n) is 6.40. The van der Waals surface area contributed by atoms with E-state index in [2.05, 4.69) is 18.8 Å². The molecule has 0 saturated carbocycles. The lowest BCUT2D eigenvalue weighted by Crippen LogP contribution is -2.16. The number of ether oxygens (including phenoxy) is 1. The van der Waals surface area contributed by atoms with Crippen LogP contribution in [0, 0.1) is 0 Å². The smallest absolute Gasteiger partial charge is 0.344 e. The molecule has 2 heterocycles. The fourth-order valence-electron chi connectivity index (χ4n) is 2.84. The van der Waals surface area contributed by atoms with Gasteiger partial charge in [-0.25, -0.2) is 14.8 Å². The second-order valence-corrected chi connectivity index (χ2v) is 6.40. The van der Waals surface area contributed by atoms with Gasteiger partial charge in [0.15, 0.2) is 5.65 Å². The number of esters is 1. The summed E-state index contributed by atoms with van der Waals surface area (Å²) >= 11 is 0. The minimum Gasteiger partial charge on any atom is -0.459 e. The number of carbonyl (C=O) groups excluding carboxylic acids is 1. The highest BCUT2D eigenvalue weighted by atomic mass is 16.5. The maximum Gasteiger partial charge on any atom is 0.344 e. The molecule has 25 heavy (non-hydrogen) atoms. The van der Waals surface area contributed by atoms with E-state index in [1.807, 2.05) is 42.7 Å². The van der Waals surface area contributed by atoms with Gasteiger partial charge in [0.25, 0.3) is 0 Å². The Kier molecular flexibility index (Phi) is 4.61. The summed E-state index contributed by atoms with van der Waals surface area (Å²) in [6.45, 7) is 7.96. The van der Waals surface area contributed by atoms with Gasteiger partial charge in [-0.3, -0.25) is 0 Å². The SMILES string of the molecule is CC[C@@H](C)OC(=O)c1c(N)n([C@H](C)CC)c2nc3ccccc3nc12. The molecule has 2 atom stereocenters. The molecule has 2 aromatic heterocycles. The Morgan fingerprint density at radius 3 is 2.40 bits per heavy atom. The zero-order valence-corrected chi connectivity index (χ0v) is 15.1. The maximum absolute atomic E-state index is 12.7. The van der Waals surface area contributed by atoms with Gasteiger partial charge in [-0.1, -0.05) is 26.0 Å². The molecule has 0 unspecified atom stereocenters. The molecule has 6 heteroatoms. The lowest BCUT2D eigenvalue weighted by Gasteiger charge is -2.15. The average molecular weight is 340 g/mol. The molecule has 0 amide bonds. The topological polar surface area (TPSA) is 83.0 Å². The first-order valence-corrected chi connectivity index (χ1v) is 8.75. The van der Waals surface area contributed by atoms with Crippen molar-refractivity contribution in [3.63, 3.8) is 0 Å². The fourth-order valence-corrected chi connectivity index (χ4v) is 2.84. The van der Waals surface area contributed by atoms with Crippen LogP contribution in [0.15, 0.2) is 24.3 Å². The van der Waals surface area contributed by atoms with Crippen LogP contribution in [-0.4, -0.2) is 26.6 Å². The van der Waals surface area contributed by atoms with Crippen LogP contribution in [0.4, 0.5) is 5.82 Å². The van der Waals surface area contributed by atoms with Crippen molar-refractivity contribution in [1.82, 2.24) is 14.5 Å². The van der Waals surface area contributed by atoms with Crippen molar-refractivity contribution in [2.24, 2.45) is 0 Å². The fraction of sp³-hybridized carbons (Fsp3) is 0.421. The minimum absolute atomic E-state index is 0.100. The van der Waals surface area contributed by atoms with Crippen molar-refractivity contribution in [2.75, 3.05) is 5.73 Å². The molecule has 3 aromatic rings. The summed E-state index contributed by atoms with van der Waals surface area (Å²) in [6.07, 6.45) is 1.43. The molecular weight excluding hydrogens is 316 g/mol. The molecule has 0 saturated heterocycles. The van der Waals surface area contributed by atoms with Crippen LogP contribution in [0.5, 0.6) is 0 Å². The number of nitrogens with two attached hydrogens (primary N) is 1. The highest BCUT2D eigenvalue weighted by Crippen LogP contribution is 2.32. The van der Waals surface area contributed by atoms with Crippen LogP contribution >= 0.6 is 0 Å². The standard InChI is InChI=1S/C19H24N4O2/c1-5-11(3)23-17(20)15(19(24)25-12(4)6-2)16-18(23)22-14-10-8-7-9-13(14)21-16/h7-12H,5-6,20H2,1-4H3/t11-,12-/m1/s1. The summed E-state index contributed by atoms with van der Waals surface area (Å²) in [4.78, 5) is 22.1. The summed E-state index contributed by atoms with van der Waals surface area (Å²) in [5.41, 5.74) is 9.31. The first kappa shape index (κ1) is 17.2. The molecule has 0 spiro atoms. The normalized spacial score (nSPS) is 13.9. The number of aromatic nitrogens is 3. The summed E-state index contributed by atoms with van der Waals surface area (Å²) < 4.78 is 7.40. The molecule has 0 fully saturated rings. The number of fused-ring (bicyclic) bond motifs is 2. The number of para-hydroxylation sites is 2. The molecule has 1 aromatic carbocycles. The Hall–Kier alpha value is -2.63. The van der Waals surface area contributed by atoms with Gasteiger partial charge in [0.2, 0.25) is 0 Å². The van der Waals surface area contributed by atoms with Gasteiger partial charge in [0.1, 0.15) is 16.9 Å². The van der Waals surface area contributed by atoms with Gasteiger partial charge in [-0.15, -0.1) is 0 Å². The van der Waals surface area contributed by atoms with E-state index in [1.54, 1.807) is 0 Å². The summed E-state index contributed by atoms with van der Waals surface area (Å²) in [5, 5.41) is 0. The van der Waals surface area contributed by atoms with Crippen LogP contribution in [0.3, 0.4) is 0 Å². The zero-order valence-electron chi connectivity index (χ0n) is 15.1. The number of nitrogen functional groups attached to an aromatic ring is 1. The molecule has 2 N–H and O–H groups in total. The van der Waals surface area contributed by atoms with Gasteiger partial charge < -0.3 is 15.0 Å². The monoisotopic (exact) mass is 340 g/mol. The van der Waals surface area contributed by atoms with Crippen LogP contribution < -0.4 is 5.73 Å². The predicted octanol–water partition coefficient (Wildman–Crippen LogP) is 4.09. The molecule has 0 aliphatic heterocycles. The Bertz CT molecular complexity index is 932. The average Bonchev–Trinajstić information content (AvgIpc) is 2.89. The second kappa shape index (κ2) is 6.70. The van der Waals surface area contributed by atoms with E-state index >= 15 is 0 Å². The highest BCUT2D eigenvalue weighted by molar-refractivity contribution is 6.08. The van der Waals surface area contributed by atoms with Crippen LogP contribution in [0.25, 0.3) is 22.2 Å². The maximum atomic E-state index is 12.7. The van der Waals surface area contributed by atoms with Crippen molar-refractivity contribution < 1.29 is 9.53 Å². The summed E-state index contributed by atoms with van der Waals surface area (Å²) in [6, 6.07) is 7.70. The van der Waals surface area contributed by atoms with Gasteiger partial charge in [0.05, 0.1) is 17.1 Å². The largest absolute Gasteiger partial charge is 0.459 e. The zero-order chi connectivity index (χ0) is 18.1. The van der Waals surface area contributed by atoms with E-state index in [4.69, 9.17) is 15.5 Å². The third-order valence-corrected chi connectivity index (χ3v) is 4.65. The van der Waals surface area contributed by atoms with Crippen molar-refractivity contribution >= 4 is 34.0 Å². The minimum atomic E-state index is -0.441. The first-order valence-electron chi connectivity index (χ1n) is 8.75. The number of hydrogen-bond acceptors (Lipinski definition) is 5. The molecule has 0 radical (unpaired) electrons. The van der Waals surface area contributed by atoms with E-state index < -0.39 is 5.97 Å². The van der Waals surface area contributed by atoms with E-state index in [9.17, 15) is 4.79 Å². The highest BCUT2D eigenvalue weighted by Gasteiger charge is 2.27. The van der Waals surface area contributed by atoms with Crippen LogP contribution in [0.2, 0.25) is 0 Å². The van der Waals surface area contributed by atoms with Crippen LogP contribution in [0.1, 0.15) is 56.9 Å². The lowest BCUT2D eigenvalue weighted by molar-refractivity contribution is 0.0338. The molecule has 3 rings (SSSR count). The van der Waals surface area contributed by atoms with Gasteiger partial charge >= 0.3 is 5.97 Å². The van der Waals surface area contributed by atoms with E-state index in [1.165, 1.54) is 0 Å². The Balaban J connectivity index is 2.29. The molecule has 132 valence electrons. The Morgan fingerprint density at radius 1 is 1.16 bits per heavy atom. The van der Waals surface area contributed by atoms with E-state index in [-0.39, 0.29) is 12.1 Å². The number of anilines is 1. The lowest BCUT2D eigenvalue weighted by atomic mass is 10.2. The number of nitrogens with zero attached hydrogens (tertiary/aromatic N) is 3. The van der Waals surface area contributed by atoms with Crippen molar-refractivity contribution in [1.29, 1.82) is 0 Å². The first-order chi connectivity index (χ1) is 12.0. The van der Waals surface area contributed by atoms with E-state index in [0.717, 1.165) is 23.9 Å². The third-order valence-electron chi connectivity index (χ3n) is 4.65. The number of benzene rings is 1. The van der Waals surface area contributed by atoms with Crippen LogP contribution in [-0.2, 0) is 4.74 Å². The van der Waals surface area contributed by atoms with Crippen molar-refractivity contribution in [3.8, 4) is 0 Å². The summed E-state index contributed by atoms with van der Waals surface area (Å²) in [5.74, 6) is -0.0727. The Morgan fingerprint density at radius 2 is 1.80 bits per heavy atom. The quantitative estimate of drug-likeness (QED) is 0.707. The predicted molar refractivity (Wildman–Crippen MR) is 99.6 cm³/mol. The third kappa shape index (κ3) is 2.92. The molecule has 6 nitrogen and oxygen atoms in total. The molecular formula is C19H24N4O2. The van der Waals surface area contributed by atoms with E-state index in [0.29, 0.717) is 22.5 Å². The van der Waals surface area contributed by atoms with Crippen molar-refractivity contribution in [2.45, 2.75) is 52.7 Å². The number of rotatable bonds is 5. The van der Waals surface area contributed by atoms with Gasteiger partial charge in [-0.2, -0.15) is 0 Å². The molecule has 0 aliphatic rings. The van der Waals surface area contributed by atoms with Crippen molar-refractivity contribution in [3.05, 3.63) is 29.8 Å².